The lowest BCUT2D eigenvalue weighted by Crippen LogP contribution is -1.97. The van der Waals surface area contributed by atoms with E-state index >= 15 is 0 Å². The van der Waals surface area contributed by atoms with Gasteiger partial charge in [-0.05, 0) is 55.7 Å². The lowest BCUT2D eigenvalue weighted by atomic mass is 9.91. The topological polar surface area (TPSA) is 0 Å². The molecule has 0 radical (unpaired) electrons. The zero-order chi connectivity index (χ0) is 12.0. The molecule has 0 spiro atoms. The molecule has 0 aliphatic heterocycles. The molecule has 0 amide bonds. The van der Waals surface area contributed by atoms with Gasteiger partial charge in [0.1, 0.15) is 0 Å². The minimum Gasteiger partial charge on any atom is -0.0888 e. The Hall–Kier alpha value is -1.04. The number of aryl methyl sites for hydroxylation is 2. The van der Waals surface area contributed by atoms with Gasteiger partial charge in [-0.1, -0.05) is 44.2 Å². The van der Waals surface area contributed by atoms with Gasteiger partial charge in [0.05, 0.1) is 0 Å². The van der Waals surface area contributed by atoms with Gasteiger partial charge in [0.15, 0.2) is 0 Å². The second-order valence-corrected chi connectivity index (χ2v) is 4.56. The fourth-order valence-electron chi connectivity index (χ4n) is 1.98. The molecule has 88 valence electrons. The zero-order valence-corrected chi connectivity index (χ0v) is 11.1. The number of hydrogen-bond acceptors (Lipinski definition) is 0. The Balaban J connectivity index is 2.78. The van der Waals surface area contributed by atoms with E-state index in [1.54, 1.807) is 0 Å². The minimum absolute atomic E-state index is 0.682. The monoisotopic (exact) mass is 216 g/mol. The van der Waals surface area contributed by atoms with E-state index in [1.165, 1.54) is 29.5 Å². The number of hydrogen-bond donors (Lipinski definition) is 0. The highest BCUT2D eigenvalue weighted by atomic mass is 14.1. The van der Waals surface area contributed by atoms with E-state index < -0.39 is 0 Å². The Morgan fingerprint density at radius 1 is 1.06 bits per heavy atom. The van der Waals surface area contributed by atoms with Crippen molar-refractivity contribution in [2.75, 3.05) is 0 Å². The maximum atomic E-state index is 2.35. The van der Waals surface area contributed by atoms with Crippen LogP contribution in [0.25, 0.3) is 0 Å². The summed E-state index contributed by atoms with van der Waals surface area (Å²) in [6.07, 6.45) is 8.12. The van der Waals surface area contributed by atoms with Crippen molar-refractivity contribution in [2.24, 2.45) is 0 Å². The molecule has 0 saturated carbocycles. The molecule has 1 aromatic carbocycles. The standard InChI is InChI=1S/C16H24/c1-5-7-8-9-15(6-2)16-11-10-13(3)14(4)12-16/h7-8,10-12,15H,5-6,9H2,1-4H3/b8-7-. The molecular formula is C16H24. The first-order valence-electron chi connectivity index (χ1n) is 6.41. The van der Waals surface area contributed by atoms with Crippen LogP contribution in [0.15, 0.2) is 30.4 Å². The van der Waals surface area contributed by atoms with Crippen LogP contribution in [0.1, 0.15) is 55.7 Å². The molecular weight excluding hydrogens is 192 g/mol. The van der Waals surface area contributed by atoms with Crippen molar-refractivity contribution >= 4 is 0 Å². The first-order chi connectivity index (χ1) is 7.69. The highest BCUT2D eigenvalue weighted by molar-refractivity contribution is 5.32. The van der Waals surface area contributed by atoms with Crippen LogP contribution in [0.5, 0.6) is 0 Å². The van der Waals surface area contributed by atoms with Gasteiger partial charge in [0, 0.05) is 0 Å². The van der Waals surface area contributed by atoms with Gasteiger partial charge < -0.3 is 0 Å². The highest BCUT2D eigenvalue weighted by Gasteiger charge is 2.08. The molecule has 16 heavy (non-hydrogen) atoms. The predicted molar refractivity (Wildman–Crippen MR) is 73.0 cm³/mol. The van der Waals surface area contributed by atoms with Crippen LogP contribution in [0.4, 0.5) is 0 Å². The third-order valence-electron chi connectivity index (χ3n) is 3.32. The summed E-state index contributed by atoms with van der Waals surface area (Å²) in [5.41, 5.74) is 4.30. The number of allylic oxidation sites excluding steroid dienone is 2. The molecule has 0 bridgehead atoms. The van der Waals surface area contributed by atoms with Crippen molar-refractivity contribution in [3.8, 4) is 0 Å². The molecule has 0 N–H and O–H groups in total. The Labute approximate surface area is 100 Å². The molecule has 0 saturated heterocycles. The third kappa shape index (κ3) is 3.52. The van der Waals surface area contributed by atoms with Crippen molar-refractivity contribution in [2.45, 2.75) is 52.9 Å². The fraction of sp³-hybridized carbons (Fsp3) is 0.500. The van der Waals surface area contributed by atoms with E-state index in [0.717, 1.165) is 6.42 Å². The van der Waals surface area contributed by atoms with Crippen molar-refractivity contribution in [1.82, 2.24) is 0 Å². The van der Waals surface area contributed by atoms with Crippen molar-refractivity contribution in [1.29, 1.82) is 0 Å². The lowest BCUT2D eigenvalue weighted by Gasteiger charge is -2.14. The van der Waals surface area contributed by atoms with Gasteiger partial charge in [-0.15, -0.1) is 0 Å². The maximum absolute atomic E-state index is 2.35. The molecule has 0 aliphatic rings. The second-order valence-electron chi connectivity index (χ2n) is 4.56. The Morgan fingerprint density at radius 2 is 1.81 bits per heavy atom. The summed E-state index contributed by atoms with van der Waals surface area (Å²) in [5, 5.41) is 0. The van der Waals surface area contributed by atoms with Crippen LogP contribution in [0, 0.1) is 13.8 Å². The first kappa shape index (κ1) is 13.0. The van der Waals surface area contributed by atoms with E-state index in [0.29, 0.717) is 5.92 Å². The van der Waals surface area contributed by atoms with Crippen LogP contribution in [-0.4, -0.2) is 0 Å². The molecule has 0 aliphatic carbocycles. The molecule has 1 aromatic rings. The average Bonchev–Trinajstić information content (AvgIpc) is 2.29. The minimum atomic E-state index is 0.682. The molecule has 0 fully saturated rings. The molecule has 0 heterocycles. The summed E-state index contributed by atoms with van der Waals surface area (Å²) in [6, 6.07) is 6.89. The Kier molecular flexibility index (Phi) is 5.31. The lowest BCUT2D eigenvalue weighted by molar-refractivity contribution is 0.672. The summed E-state index contributed by atoms with van der Waals surface area (Å²) in [7, 11) is 0. The maximum Gasteiger partial charge on any atom is -0.0130 e. The zero-order valence-electron chi connectivity index (χ0n) is 11.1. The molecule has 1 rings (SSSR count). The van der Waals surface area contributed by atoms with Crippen molar-refractivity contribution in [3.63, 3.8) is 0 Å². The van der Waals surface area contributed by atoms with Gasteiger partial charge in [-0.2, -0.15) is 0 Å². The van der Waals surface area contributed by atoms with Crippen LogP contribution in [0.2, 0.25) is 0 Å². The third-order valence-corrected chi connectivity index (χ3v) is 3.32. The largest absolute Gasteiger partial charge is 0.0888 e. The molecule has 0 heteroatoms. The van der Waals surface area contributed by atoms with Gasteiger partial charge in [0.2, 0.25) is 0 Å². The molecule has 1 atom stereocenters. The number of rotatable bonds is 5. The molecule has 0 aromatic heterocycles. The Morgan fingerprint density at radius 3 is 2.38 bits per heavy atom. The van der Waals surface area contributed by atoms with Crippen molar-refractivity contribution < 1.29 is 0 Å². The smallest absolute Gasteiger partial charge is 0.0130 e. The van der Waals surface area contributed by atoms with Crippen LogP contribution < -0.4 is 0 Å². The normalized spacial score (nSPS) is 13.2. The van der Waals surface area contributed by atoms with Gasteiger partial charge in [0.25, 0.3) is 0 Å². The summed E-state index contributed by atoms with van der Waals surface area (Å²) in [5.74, 6) is 0.682. The summed E-state index contributed by atoms with van der Waals surface area (Å²) < 4.78 is 0. The van der Waals surface area contributed by atoms with Gasteiger partial charge >= 0.3 is 0 Å². The van der Waals surface area contributed by atoms with E-state index in [2.05, 4.69) is 58.0 Å². The van der Waals surface area contributed by atoms with E-state index in [9.17, 15) is 0 Å². The quantitative estimate of drug-likeness (QED) is 0.597. The van der Waals surface area contributed by atoms with Gasteiger partial charge in [-0.3, -0.25) is 0 Å². The summed E-state index contributed by atoms with van der Waals surface area (Å²) in [4.78, 5) is 0. The first-order valence-corrected chi connectivity index (χ1v) is 6.41. The van der Waals surface area contributed by atoms with E-state index in [-0.39, 0.29) is 0 Å². The Bertz CT molecular complexity index is 347. The average molecular weight is 216 g/mol. The van der Waals surface area contributed by atoms with Gasteiger partial charge in [-0.25, -0.2) is 0 Å². The number of benzene rings is 1. The van der Waals surface area contributed by atoms with Crippen LogP contribution in [0.3, 0.4) is 0 Å². The second kappa shape index (κ2) is 6.52. The van der Waals surface area contributed by atoms with Crippen LogP contribution in [-0.2, 0) is 0 Å². The predicted octanol–water partition coefficient (Wildman–Crippen LogP) is 5.15. The van der Waals surface area contributed by atoms with E-state index in [4.69, 9.17) is 0 Å². The van der Waals surface area contributed by atoms with Crippen molar-refractivity contribution in [3.05, 3.63) is 47.0 Å². The summed E-state index contributed by atoms with van der Waals surface area (Å²) in [6.45, 7) is 8.84. The van der Waals surface area contributed by atoms with Crippen LogP contribution >= 0.6 is 0 Å². The fourth-order valence-corrected chi connectivity index (χ4v) is 1.98. The molecule has 0 nitrogen and oxygen atoms in total. The van der Waals surface area contributed by atoms with E-state index in [1.807, 2.05) is 0 Å². The summed E-state index contributed by atoms with van der Waals surface area (Å²) >= 11 is 0. The molecule has 1 unspecified atom stereocenters. The SMILES string of the molecule is CC/C=C\CC(CC)c1ccc(C)c(C)c1. The highest BCUT2D eigenvalue weighted by Crippen LogP contribution is 2.25.